The second-order valence-electron chi connectivity index (χ2n) is 8.75. The lowest BCUT2D eigenvalue weighted by molar-refractivity contribution is -0.140. The minimum absolute atomic E-state index is 0.0319. The number of amides is 1. The van der Waals surface area contributed by atoms with Gasteiger partial charge in [-0.2, -0.15) is 0 Å². The molecule has 7 heteroatoms. The molecule has 1 unspecified atom stereocenters. The van der Waals surface area contributed by atoms with Crippen LogP contribution in [0.3, 0.4) is 0 Å². The highest BCUT2D eigenvalue weighted by molar-refractivity contribution is 6.46. The predicted molar refractivity (Wildman–Crippen MR) is 126 cm³/mol. The molecule has 0 saturated carbocycles. The van der Waals surface area contributed by atoms with E-state index in [-0.39, 0.29) is 17.4 Å². The molecule has 0 spiro atoms. The van der Waals surface area contributed by atoms with E-state index >= 15 is 0 Å². The molecule has 1 amide bonds. The monoisotopic (exact) mass is 452 g/mol. The number of benzene rings is 1. The minimum atomic E-state index is -0.773. The quantitative estimate of drug-likeness (QED) is 0.249. The predicted octanol–water partition coefficient (Wildman–Crippen LogP) is 4.35. The molecule has 1 aromatic heterocycles. The second kappa shape index (κ2) is 11.1. The molecule has 1 atom stereocenters. The number of nitrogens with zero attached hydrogens (tertiary/aromatic N) is 2. The van der Waals surface area contributed by atoms with Gasteiger partial charge in [0.2, 0.25) is 0 Å². The molecule has 2 heterocycles. The van der Waals surface area contributed by atoms with Gasteiger partial charge < -0.3 is 19.5 Å². The van der Waals surface area contributed by atoms with Gasteiger partial charge in [-0.3, -0.25) is 14.6 Å². The smallest absolute Gasteiger partial charge is 0.295 e. The lowest BCUT2D eigenvalue weighted by Crippen LogP contribution is -2.31. The Hall–Kier alpha value is -3.19. The third-order valence-electron chi connectivity index (χ3n) is 5.19. The number of Topliss-reactive ketones (excluding diaryl/α,β-unsaturated/α-hetero) is 1. The number of ketones is 1. The van der Waals surface area contributed by atoms with Crippen molar-refractivity contribution in [3.8, 4) is 5.75 Å². The summed E-state index contributed by atoms with van der Waals surface area (Å²) >= 11 is 0. The van der Waals surface area contributed by atoms with Crippen LogP contribution in [0.2, 0.25) is 0 Å². The Morgan fingerprint density at radius 2 is 1.91 bits per heavy atom. The van der Waals surface area contributed by atoms with Crippen LogP contribution >= 0.6 is 0 Å². The van der Waals surface area contributed by atoms with E-state index in [1.54, 1.807) is 48.7 Å². The molecule has 3 rings (SSSR count). The largest absolute Gasteiger partial charge is 0.507 e. The van der Waals surface area contributed by atoms with Crippen molar-refractivity contribution in [3.05, 3.63) is 65.5 Å². The molecule has 0 bridgehead atoms. The summed E-state index contributed by atoms with van der Waals surface area (Å²) in [6.45, 7) is 9.28. The summed E-state index contributed by atoms with van der Waals surface area (Å²) in [6.07, 6.45) is 2.25. The van der Waals surface area contributed by atoms with Crippen molar-refractivity contribution in [2.75, 3.05) is 19.8 Å². The maximum absolute atomic E-state index is 13.1. The van der Waals surface area contributed by atoms with Crippen LogP contribution in [0.5, 0.6) is 5.75 Å². The SMILES string of the molecule is CC(C)COc1cccc(/C(O)=C2/C(=O)C(=O)N(CCCOC(C)C)C2c2ccccn2)c1. The molecule has 2 aromatic rings. The van der Waals surface area contributed by atoms with Crippen molar-refractivity contribution in [2.45, 2.75) is 46.3 Å². The highest BCUT2D eigenvalue weighted by Gasteiger charge is 2.46. The van der Waals surface area contributed by atoms with Gasteiger partial charge >= 0.3 is 0 Å². The summed E-state index contributed by atoms with van der Waals surface area (Å²) < 4.78 is 11.4. The number of hydrogen-bond donors (Lipinski definition) is 1. The Kier molecular flexibility index (Phi) is 8.22. The summed E-state index contributed by atoms with van der Waals surface area (Å²) in [7, 11) is 0. The van der Waals surface area contributed by atoms with Gasteiger partial charge in [0, 0.05) is 24.9 Å². The number of aliphatic hydroxyl groups excluding tert-OH is 1. The normalized spacial score (nSPS) is 17.9. The first kappa shape index (κ1) is 24.5. The Labute approximate surface area is 195 Å². The number of rotatable bonds is 10. The van der Waals surface area contributed by atoms with Crippen LogP contribution in [0.25, 0.3) is 5.76 Å². The number of carbonyl (C=O) groups is 2. The van der Waals surface area contributed by atoms with E-state index in [9.17, 15) is 14.7 Å². The fraction of sp³-hybridized carbons (Fsp3) is 0.423. The Balaban J connectivity index is 1.97. The van der Waals surface area contributed by atoms with Gasteiger partial charge in [-0.1, -0.05) is 32.0 Å². The van der Waals surface area contributed by atoms with E-state index in [0.29, 0.717) is 49.1 Å². The van der Waals surface area contributed by atoms with Gasteiger partial charge in [0.25, 0.3) is 11.7 Å². The number of carbonyl (C=O) groups excluding carboxylic acids is 2. The van der Waals surface area contributed by atoms with Crippen molar-refractivity contribution in [1.29, 1.82) is 0 Å². The van der Waals surface area contributed by atoms with Crippen molar-refractivity contribution in [3.63, 3.8) is 0 Å². The van der Waals surface area contributed by atoms with Crippen molar-refractivity contribution >= 4 is 17.4 Å². The van der Waals surface area contributed by atoms with Crippen molar-refractivity contribution in [2.24, 2.45) is 5.92 Å². The Morgan fingerprint density at radius 1 is 1.12 bits per heavy atom. The lowest BCUT2D eigenvalue weighted by atomic mass is 9.98. The number of aliphatic hydroxyl groups is 1. The number of aromatic nitrogens is 1. The van der Waals surface area contributed by atoms with Crippen LogP contribution in [-0.2, 0) is 14.3 Å². The topological polar surface area (TPSA) is 89.0 Å². The summed E-state index contributed by atoms with van der Waals surface area (Å²) in [5, 5.41) is 11.2. The Morgan fingerprint density at radius 3 is 2.58 bits per heavy atom. The molecule has 0 aliphatic carbocycles. The van der Waals surface area contributed by atoms with Gasteiger partial charge in [-0.15, -0.1) is 0 Å². The molecular formula is C26H32N2O5. The zero-order valence-corrected chi connectivity index (χ0v) is 19.7. The molecule has 1 aliphatic heterocycles. The van der Waals surface area contributed by atoms with Crippen molar-refractivity contribution < 1.29 is 24.2 Å². The lowest BCUT2D eigenvalue weighted by Gasteiger charge is -2.24. The number of hydrogen-bond acceptors (Lipinski definition) is 6. The van der Waals surface area contributed by atoms with Gasteiger partial charge in [-0.25, -0.2) is 0 Å². The first-order valence-corrected chi connectivity index (χ1v) is 11.3. The minimum Gasteiger partial charge on any atom is -0.507 e. The molecule has 33 heavy (non-hydrogen) atoms. The van der Waals surface area contributed by atoms with Crippen LogP contribution in [0.4, 0.5) is 0 Å². The van der Waals surface area contributed by atoms with Gasteiger partial charge in [0.15, 0.2) is 0 Å². The summed E-state index contributed by atoms with van der Waals surface area (Å²) in [4.78, 5) is 31.9. The standard InChI is InChI=1S/C26H32N2O5/c1-17(2)16-33-20-10-7-9-19(15-20)24(29)22-23(21-11-5-6-12-27-21)28(26(31)25(22)30)13-8-14-32-18(3)4/h5-7,9-12,15,17-18,23,29H,8,13-14,16H2,1-4H3/b24-22-. The van der Waals surface area contributed by atoms with E-state index in [4.69, 9.17) is 9.47 Å². The maximum atomic E-state index is 13.1. The highest BCUT2D eigenvalue weighted by Crippen LogP contribution is 2.39. The zero-order chi connectivity index (χ0) is 24.0. The summed E-state index contributed by atoms with van der Waals surface area (Å²) in [5.74, 6) is -0.677. The van der Waals surface area contributed by atoms with Gasteiger partial charge in [0.1, 0.15) is 17.6 Å². The molecule has 1 N–H and O–H groups in total. The van der Waals surface area contributed by atoms with E-state index in [1.165, 1.54) is 4.90 Å². The van der Waals surface area contributed by atoms with E-state index in [1.807, 2.05) is 27.7 Å². The average Bonchev–Trinajstić information content (AvgIpc) is 3.05. The molecule has 0 radical (unpaired) electrons. The molecule has 7 nitrogen and oxygen atoms in total. The maximum Gasteiger partial charge on any atom is 0.295 e. The van der Waals surface area contributed by atoms with Crippen LogP contribution in [0.15, 0.2) is 54.2 Å². The number of likely N-dealkylation sites (tertiary alicyclic amines) is 1. The first-order chi connectivity index (χ1) is 15.8. The zero-order valence-electron chi connectivity index (χ0n) is 19.7. The summed E-state index contributed by atoms with van der Waals surface area (Å²) in [6, 6.07) is 11.5. The van der Waals surface area contributed by atoms with Crippen molar-refractivity contribution in [1.82, 2.24) is 9.88 Å². The van der Waals surface area contributed by atoms with Crippen LogP contribution in [0.1, 0.15) is 51.4 Å². The van der Waals surface area contributed by atoms with Crippen LogP contribution < -0.4 is 4.74 Å². The third kappa shape index (κ3) is 5.99. The molecule has 1 saturated heterocycles. The molecular weight excluding hydrogens is 420 g/mol. The molecule has 176 valence electrons. The van der Waals surface area contributed by atoms with Crippen LogP contribution in [0, 0.1) is 5.92 Å². The molecule has 1 fully saturated rings. The first-order valence-electron chi connectivity index (χ1n) is 11.3. The third-order valence-corrected chi connectivity index (χ3v) is 5.19. The average molecular weight is 453 g/mol. The van der Waals surface area contributed by atoms with E-state index < -0.39 is 17.7 Å². The molecule has 1 aromatic carbocycles. The fourth-order valence-corrected chi connectivity index (χ4v) is 3.66. The van der Waals surface area contributed by atoms with Gasteiger partial charge in [-0.05, 0) is 50.5 Å². The highest BCUT2D eigenvalue weighted by atomic mass is 16.5. The fourth-order valence-electron chi connectivity index (χ4n) is 3.66. The molecule has 1 aliphatic rings. The Bertz CT molecular complexity index is 1000. The van der Waals surface area contributed by atoms with Gasteiger partial charge in [0.05, 0.1) is 24.0 Å². The number of ether oxygens (including phenoxy) is 2. The van der Waals surface area contributed by atoms with Crippen LogP contribution in [-0.4, -0.2) is 52.5 Å². The van der Waals surface area contributed by atoms with E-state index in [2.05, 4.69) is 4.98 Å². The number of pyridine rings is 1. The summed E-state index contributed by atoms with van der Waals surface area (Å²) in [5.41, 5.74) is 0.970. The second-order valence-corrected chi connectivity index (χ2v) is 8.75. The van der Waals surface area contributed by atoms with E-state index in [0.717, 1.165) is 0 Å².